The van der Waals surface area contributed by atoms with E-state index in [4.69, 9.17) is 9.57 Å². The normalized spacial score (nSPS) is 18.9. The summed E-state index contributed by atoms with van der Waals surface area (Å²) in [4.78, 5) is 17.1. The van der Waals surface area contributed by atoms with Crippen LogP contribution in [0.1, 0.15) is 36.0 Å². The predicted molar refractivity (Wildman–Crippen MR) is 63.2 cm³/mol. The van der Waals surface area contributed by atoms with E-state index in [1.165, 1.54) is 12.2 Å². The van der Waals surface area contributed by atoms with Crippen LogP contribution in [0.15, 0.2) is 24.3 Å². The van der Waals surface area contributed by atoms with E-state index in [1.54, 1.807) is 6.07 Å². The van der Waals surface area contributed by atoms with Crippen LogP contribution < -0.4 is 0 Å². The van der Waals surface area contributed by atoms with Crippen LogP contribution in [0.25, 0.3) is 0 Å². The molecule has 1 aliphatic rings. The molecule has 0 saturated carbocycles. The summed E-state index contributed by atoms with van der Waals surface area (Å²) in [6, 6.07) is 7.44. The van der Waals surface area contributed by atoms with E-state index in [0.29, 0.717) is 18.1 Å². The van der Waals surface area contributed by atoms with Gasteiger partial charge in [0, 0.05) is 11.1 Å². The van der Waals surface area contributed by atoms with E-state index >= 15 is 0 Å². The molecule has 4 nitrogen and oxygen atoms in total. The van der Waals surface area contributed by atoms with Gasteiger partial charge in [-0.1, -0.05) is 32.0 Å². The fourth-order valence-electron chi connectivity index (χ4n) is 1.88. The number of ether oxygens (including phenoxy) is 1. The van der Waals surface area contributed by atoms with Gasteiger partial charge in [-0.25, -0.2) is 0 Å². The van der Waals surface area contributed by atoms with Gasteiger partial charge in [0.05, 0.1) is 13.7 Å². The molecule has 0 saturated heterocycles. The van der Waals surface area contributed by atoms with Gasteiger partial charge in [0.2, 0.25) is 0 Å². The first kappa shape index (κ1) is 12.1. The lowest BCUT2D eigenvalue weighted by molar-refractivity contribution is -0.201. The highest BCUT2D eigenvalue weighted by Crippen LogP contribution is 2.34. The summed E-state index contributed by atoms with van der Waals surface area (Å²) in [7, 11) is 1.48. The van der Waals surface area contributed by atoms with Crippen molar-refractivity contribution in [2.75, 3.05) is 13.7 Å². The molecule has 2 rings (SSSR count). The Morgan fingerprint density at radius 3 is 2.71 bits per heavy atom. The number of hydrogen-bond acceptors (Lipinski definition) is 3. The van der Waals surface area contributed by atoms with E-state index in [1.807, 2.05) is 18.2 Å². The summed E-state index contributed by atoms with van der Waals surface area (Å²) < 4.78 is 5.74. The first-order valence-electron chi connectivity index (χ1n) is 5.73. The molecule has 4 heteroatoms. The van der Waals surface area contributed by atoms with Gasteiger partial charge in [0.1, 0.15) is 0 Å². The summed E-state index contributed by atoms with van der Waals surface area (Å²) >= 11 is 0. The van der Waals surface area contributed by atoms with Crippen LogP contribution in [0.3, 0.4) is 0 Å². The molecule has 0 spiro atoms. The molecule has 1 aliphatic heterocycles. The topological polar surface area (TPSA) is 38.8 Å². The smallest absolute Gasteiger partial charge is 0.280 e. The highest BCUT2D eigenvalue weighted by Gasteiger charge is 2.37. The lowest BCUT2D eigenvalue weighted by Crippen LogP contribution is -2.29. The van der Waals surface area contributed by atoms with Crippen LogP contribution >= 0.6 is 0 Å². The molecule has 0 aliphatic carbocycles. The molecule has 0 fully saturated rings. The second-order valence-corrected chi connectivity index (χ2v) is 4.48. The zero-order chi connectivity index (χ0) is 12.4. The molecule has 0 bridgehead atoms. The minimum absolute atomic E-state index is 0.142. The van der Waals surface area contributed by atoms with Gasteiger partial charge in [-0.3, -0.25) is 9.63 Å². The lowest BCUT2D eigenvalue weighted by Gasteiger charge is -2.23. The Kier molecular flexibility index (Phi) is 3.45. The van der Waals surface area contributed by atoms with E-state index in [-0.39, 0.29) is 5.91 Å². The number of fused-ring (bicyclic) bond motifs is 1. The zero-order valence-electron chi connectivity index (χ0n) is 10.3. The van der Waals surface area contributed by atoms with Gasteiger partial charge in [0.15, 0.2) is 6.23 Å². The number of nitrogens with zero attached hydrogens (tertiary/aromatic N) is 1. The zero-order valence-corrected chi connectivity index (χ0v) is 10.3. The molecular formula is C13H17NO3. The third-order valence-corrected chi connectivity index (χ3v) is 2.65. The summed E-state index contributed by atoms with van der Waals surface area (Å²) in [6.07, 6.45) is -0.425. The third kappa shape index (κ3) is 2.18. The molecule has 1 amide bonds. The highest BCUT2D eigenvalue weighted by molar-refractivity contribution is 5.98. The van der Waals surface area contributed by atoms with Crippen LogP contribution in [0.5, 0.6) is 0 Å². The Morgan fingerprint density at radius 1 is 1.35 bits per heavy atom. The molecule has 0 radical (unpaired) electrons. The second-order valence-electron chi connectivity index (χ2n) is 4.48. The Labute approximate surface area is 101 Å². The first-order chi connectivity index (χ1) is 8.15. The molecule has 0 aromatic heterocycles. The van der Waals surface area contributed by atoms with Crippen LogP contribution in [0.2, 0.25) is 0 Å². The first-order valence-corrected chi connectivity index (χ1v) is 5.73. The van der Waals surface area contributed by atoms with Crippen LogP contribution in [0, 0.1) is 5.92 Å². The lowest BCUT2D eigenvalue weighted by atomic mass is 10.1. The van der Waals surface area contributed by atoms with Crippen LogP contribution in [-0.4, -0.2) is 24.7 Å². The van der Waals surface area contributed by atoms with Crippen molar-refractivity contribution in [3.63, 3.8) is 0 Å². The molecule has 1 unspecified atom stereocenters. The maximum absolute atomic E-state index is 12.0. The van der Waals surface area contributed by atoms with Gasteiger partial charge in [-0.05, 0) is 12.0 Å². The minimum Gasteiger partial charge on any atom is -0.351 e. The Balaban J connectivity index is 2.26. The number of hydrogen-bond donors (Lipinski definition) is 0. The molecule has 17 heavy (non-hydrogen) atoms. The largest absolute Gasteiger partial charge is 0.351 e. The average molecular weight is 235 g/mol. The summed E-state index contributed by atoms with van der Waals surface area (Å²) in [5.41, 5.74) is 1.53. The Morgan fingerprint density at radius 2 is 2.06 bits per heavy atom. The molecule has 1 heterocycles. The van der Waals surface area contributed by atoms with Crippen molar-refractivity contribution in [1.29, 1.82) is 0 Å². The molecule has 0 N–H and O–H groups in total. The molecule has 92 valence electrons. The van der Waals surface area contributed by atoms with Crippen molar-refractivity contribution in [3.05, 3.63) is 35.4 Å². The summed E-state index contributed by atoms with van der Waals surface area (Å²) in [5, 5.41) is 1.28. The Bertz CT molecular complexity index is 417. The van der Waals surface area contributed by atoms with E-state index in [9.17, 15) is 4.79 Å². The second kappa shape index (κ2) is 4.85. The van der Waals surface area contributed by atoms with Crippen molar-refractivity contribution in [2.45, 2.75) is 20.1 Å². The SMILES string of the molecule is CON1C(=O)c2ccccc2C1OCC(C)C. The number of carbonyl (C=O) groups is 1. The summed E-state index contributed by atoms with van der Waals surface area (Å²) in [6.45, 7) is 4.73. The fraction of sp³-hybridized carbons (Fsp3) is 0.462. The number of carbonyl (C=O) groups excluding carboxylic acids is 1. The van der Waals surface area contributed by atoms with Crippen LogP contribution in [-0.2, 0) is 9.57 Å². The highest BCUT2D eigenvalue weighted by atomic mass is 16.7. The van der Waals surface area contributed by atoms with Gasteiger partial charge >= 0.3 is 0 Å². The van der Waals surface area contributed by atoms with Crippen molar-refractivity contribution in [1.82, 2.24) is 5.06 Å². The maximum atomic E-state index is 12.0. The number of rotatable bonds is 4. The standard InChI is InChI=1S/C13H17NO3/c1-9(2)8-17-13-11-7-5-4-6-10(11)12(15)14(13)16-3/h4-7,9,13H,8H2,1-3H3. The molecule has 1 atom stereocenters. The van der Waals surface area contributed by atoms with Crippen molar-refractivity contribution in [3.8, 4) is 0 Å². The van der Waals surface area contributed by atoms with Gasteiger partial charge in [0.25, 0.3) is 5.91 Å². The minimum atomic E-state index is -0.425. The van der Waals surface area contributed by atoms with Gasteiger partial charge in [-0.15, -0.1) is 0 Å². The van der Waals surface area contributed by atoms with Crippen molar-refractivity contribution in [2.24, 2.45) is 5.92 Å². The fourth-order valence-corrected chi connectivity index (χ4v) is 1.88. The van der Waals surface area contributed by atoms with E-state index in [0.717, 1.165) is 5.56 Å². The quantitative estimate of drug-likeness (QED) is 0.804. The van der Waals surface area contributed by atoms with Gasteiger partial charge < -0.3 is 4.74 Å². The third-order valence-electron chi connectivity index (χ3n) is 2.65. The van der Waals surface area contributed by atoms with Gasteiger partial charge in [-0.2, -0.15) is 5.06 Å². The summed E-state index contributed by atoms with van der Waals surface area (Å²) in [5.74, 6) is 0.272. The maximum Gasteiger partial charge on any atom is 0.280 e. The van der Waals surface area contributed by atoms with Crippen LogP contribution in [0.4, 0.5) is 0 Å². The molecule has 1 aromatic carbocycles. The van der Waals surface area contributed by atoms with Crippen molar-refractivity contribution >= 4 is 5.91 Å². The number of benzene rings is 1. The molecular weight excluding hydrogens is 218 g/mol. The average Bonchev–Trinajstić information content (AvgIpc) is 2.60. The van der Waals surface area contributed by atoms with E-state index < -0.39 is 6.23 Å². The van der Waals surface area contributed by atoms with E-state index in [2.05, 4.69) is 13.8 Å². The van der Waals surface area contributed by atoms with Crippen molar-refractivity contribution < 1.29 is 14.4 Å². The molecule has 1 aromatic rings. The monoisotopic (exact) mass is 235 g/mol. The Hall–Kier alpha value is -1.39. The predicted octanol–water partition coefficient (Wildman–Crippen LogP) is 2.38. The number of hydroxylamine groups is 2. The number of amides is 1.